The van der Waals surface area contributed by atoms with Crippen molar-refractivity contribution in [2.24, 2.45) is 0 Å². The molecule has 2 aromatic rings. The van der Waals surface area contributed by atoms with Gasteiger partial charge in [-0.2, -0.15) is 5.26 Å². The first-order valence-electron chi connectivity index (χ1n) is 5.83. The van der Waals surface area contributed by atoms with Crippen LogP contribution in [0.15, 0.2) is 42.5 Å². The molecule has 0 fully saturated rings. The molecular weight excluding hydrogens is 222 g/mol. The number of benzene rings is 1. The number of anilines is 1. The zero-order valence-electron chi connectivity index (χ0n) is 10.6. The van der Waals surface area contributed by atoms with Crippen molar-refractivity contribution in [3.05, 3.63) is 59.4 Å². The number of nitriles is 1. The van der Waals surface area contributed by atoms with Crippen LogP contribution in [-0.2, 0) is 6.54 Å². The van der Waals surface area contributed by atoms with Gasteiger partial charge in [0.05, 0.1) is 23.9 Å². The van der Waals surface area contributed by atoms with Crippen LogP contribution in [0.25, 0.3) is 0 Å². The predicted octanol–water partition coefficient (Wildman–Crippen LogP) is 2.90. The maximum atomic E-state index is 8.89. The number of pyridine rings is 1. The SMILES string of the molecule is Cc1cccc(CN(C)c2cccc(C#N)c2)n1. The van der Waals surface area contributed by atoms with E-state index in [0.29, 0.717) is 5.56 Å². The molecule has 0 spiro atoms. The molecular formula is C15H15N3. The summed E-state index contributed by atoms with van der Waals surface area (Å²) in [6.45, 7) is 2.72. The van der Waals surface area contributed by atoms with Gasteiger partial charge < -0.3 is 4.90 Å². The molecule has 0 aliphatic rings. The second-order valence-electron chi connectivity index (χ2n) is 4.29. The maximum Gasteiger partial charge on any atom is 0.0992 e. The standard InChI is InChI=1S/C15H15N3/c1-12-5-3-7-14(17-12)11-18(2)15-8-4-6-13(9-15)10-16/h3-9H,11H2,1-2H3. The van der Waals surface area contributed by atoms with E-state index in [1.807, 2.05) is 56.4 Å². The van der Waals surface area contributed by atoms with E-state index in [4.69, 9.17) is 5.26 Å². The van der Waals surface area contributed by atoms with Crippen molar-refractivity contribution in [2.45, 2.75) is 13.5 Å². The van der Waals surface area contributed by atoms with Crippen LogP contribution in [-0.4, -0.2) is 12.0 Å². The van der Waals surface area contributed by atoms with E-state index in [2.05, 4.69) is 16.0 Å². The Balaban J connectivity index is 2.17. The van der Waals surface area contributed by atoms with E-state index in [1.165, 1.54) is 0 Å². The monoisotopic (exact) mass is 237 g/mol. The highest BCUT2D eigenvalue weighted by molar-refractivity contribution is 5.51. The van der Waals surface area contributed by atoms with Gasteiger partial charge in [-0.3, -0.25) is 4.98 Å². The van der Waals surface area contributed by atoms with Crippen molar-refractivity contribution in [3.63, 3.8) is 0 Å². The molecule has 3 nitrogen and oxygen atoms in total. The lowest BCUT2D eigenvalue weighted by Crippen LogP contribution is -2.17. The van der Waals surface area contributed by atoms with Crippen LogP contribution < -0.4 is 4.90 Å². The molecule has 1 aromatic carbocycles. The van der Waals surface area contributed by atoms with Crippen molar-refractivity contribution in [3.8, 4) is 6.07 Å². The summed E-state index contributed by atoms with van der Waals surface area (Å²) in [5.41, 5.74) is 3.75. The molecule has 0 atom stereocenters. The summed E-state index contributed by atoms with van der Waals surface area (Å²) < 4.78 is 0. The average Bonchev–Trinajstić information content (AvgIpc) is 2.39. The molecule has 18 heavy (non-hydrogen) atoms. The quantitative estimate of drug-likeness (QED) is 0.824. The third kappa shape index (κ3) is 2.86. The van der Waals surface area contributed by atoms with Gasteiger partial charge >= 0.3 is 0 Å². The molecule has 0 amide bonds. The molecule has 0 saturated carbocycles. The highest BCUT2D eigenvalue weighted by Crippen LogP contribution is 2.16. The first-order valence-corrected chi connectivity index (χ1v) is 5.83. The Morgan fingerprint density at radius 1 is 1.22 bits per heavy atom. The van der Waals surface area contributed by atoms with Crippen LogP contribution in [0, 0.1) is 18.3 Å². The van der Waals surface area contributed by atoms with Gasteiger partial charge in [-0.1, -0.05) is 12.1 Å². The fourth-order valence-electron chi connectivity index (χ4n) is 1.83. The summed E-state index contributed by atoms with van der Waals surface area (Å²) in [4.78, 5) is 6.56. The predicted molar refractivity (Wildman–Crippen MR) is 72.2 cm³/mol. The lowest BCUT2D eigenvalue weighted by molar-refractivity contribution is 0.877. The Labute approximate surface area is 107 Å². The van der Waals surface area contributed by atoms with Crippen molar-refractivity contribution < 1.29 is 0 Å². The minimum absolute atomic E-state index is 0.677. The molecule has 1 aromatic heterocycles. The second-order valence-corrected chi connectivity index (χ2v) is 4.29. The summed E-state index contributed by atoms with van der Waals surface area (Å²) in [6, 6.07) is 15.7. The van der Waals surface area contributed by atoms with Crippen molar-refractivity contribution in [1.82, 2.24) is 4.98 Å². The summed E-state index contributed by atoms with van der Waals surface area (Å²) >= 11 is 0. The summed E-state index contributed by atoms with van der Waals surface area (Å²) in [6.07, 6.45) is 0. The van der Waals surface area contributed by atoms with E-state index in [-0.39, 0.29) is 0 Å². The Bertz CT molecular complexity index is 584. The van der Waals surface area contributed by atoms with E-state index in [0.717, 1.165) is 23.6 Å². The molecule has 0 N–H and O–H groups in total. The number of nitrogens with zero attached hydrogens (tertiary/aromatic N) is 3. The fraction of sp³-hybridized carbons (Fsp3) is 0.200. The number of aryl methyl sites for hydroxylation is 1. The van der Waals surface area contributed by atoms with Crippen molar-refractivity contribution in [1.29, 1.82) is 5.26 Å². The zero-order valence-corrected chi connectivity index (χ0v) is 10.6. The van der Waals surface area contributed by atoms with Gasteiger partial charge in [0.15, 0.2) is 0 Å². The minimum atomic E-state index is 0.677. The molecule has 0 aliphatic carbocycles. The van der Waals surface area contributed by atoms with Crippen LogP contribution in [0.5, 0.6) is 0 Å². The molecule has 1 heterocycles. The minimum Gasteiger partial charge on any atom is -0.369 e. The number of hydrogen-bond acceptors (Lipinski definition) is 3. The first kappa shape index (κ1) is 12.1. The van der Waals surface area contributed by atoms with Gasteiger partial charge in [0, 0.05) is 18.4 Å². The number of aromatic nitrogens is 1. The first-order chi connectivity index (χ1) is 8.69. The summed E-state index contributed by atoms with van der Waals surface area (Å²) in [5.74, 6) is 0. The number of hydrogen-bond donors (Lipinski definition) is 0. The molecule has 0 aliphatic heterocycles. The molecule has 0 bridgehead atoms. The van der Waals surface area contributed by atoms with Gasteiger partial charge in [-0.05, 0) is 37.3 Å². The Kier molecular flexibility index (Phi) is 3.59. The van der Waals surface area contributed by atoms with E-state index < -0.39 is 0 Å². The second kappa shape index (κ2) is 5.33. The summed E-state index contributed by atoms with van der Waals surface area (Å²) in [5, 5.41) is 8.89. The van der Waals surface area contributed by atoms with E-state index in [1.54, 1.807) is 0 Å². The van der Waals surface area contributed by atoms with E-state index in [9.17, 15) is 0 Å². The number of rotatable bonds is 3. The van der Waals surface area contributed by atoms with Gasteiger partial charge in [0.2, 0.25) is 0 Å². The maximum absolute atomic E-state index is 8.89. The fourth-order valence-corrected chi connectivity index (χ4v) is 1.83. The Hall–Kier alpha value is -2.34. The largest absolute Gasteiger partial charge is 0.369 e. The zero-order chi connectivity index (χ0) is 13.0. The smallest absolute Gasteiger partial charge is 0.0992 e. The molecule has 0 radical (unpaired) electrons. The highest BCUT2D eigenvalue weighted by atomic mass is 15.1. The molecule has 90 valence electrons. The van der Waals surface area contributed by atoms with Crippen molar-refractivity contribution >= 4 is 5.69 Å². The lowest BCUT2D eigenvalue weighted by atomic mass is 10.2. The van der Waals surface area contributed by atoms with Crippen LogP contribution in [0.4, 0.5) is 5.69 Å². The topological polar surface area (TPSA) is 39.9 Å². The Morgan fingerprint density at radius 2 is 2.00 bits per heavy atom. The van der Waals surface area contributed by atoms with Gasteiger partial charge in [-0.15, -0.1) is 0 Å². The van der Waals surface area contributed by atoms with Gasteiger partial charge in [-0.25, -0.2) is 0 Å². The third-order valence-corrected chi connectivity index (χ3v) is 2.76. The van der Waals surface area contributed by atoms with Gasteiger partial charge in [0.1, 0.15) is 0 Å². The molecule has 2 rings (SSSR count). The van der Waals surface area contributed by atoms with Crippen LogP contribution in [0.2, 0.25) is 0 Å². The highest BCUT2D eigenvalue weighted by Gasteiger charge is 2.04. The molecule has 0 unspecified atom stereocenters. The lowest BCUT2D eigenvalue weighted by Gasteiger charge is -2.19. The van der Waals surface area contributed by atoms with E-state index >= 15 is 0 Å². The van der Waals surface area contributed by atoms with Crippen LogP contribution in [0.3, 0.4) is 0 Å². The van der Waals surface area contributed by atoms with Crippen LogP contribution in [0.1, 0.15) is 17.0 Å². The van der Waals surface area contributed by atoms with Crippen molar-refractivity contribution in [2.75, 3.05) is 11.9 Å². The third-order valence-electron chi connectivity index (χ3n) is 2.76. The molecule has 3 heteroatoms. The average molecular weight is 237 g/mol. The van der Waals surface area contributed by atoms with Crippen LogP contribution >= 0.6 is 0 Å². The molecule has 0 saturated heterocycles. The Morgan fingerprint density at radius 3 is 2.72 bits per heavy atom. The van der Waals surface area contributed by atoms with Gasteiger partial charge in [0.25, 0.3) is 0 Å². The normalized spacial score (nSPS) is 9.83. The summed E-state index contributed by atoms with van der Waals surface area (Å²) in [7, 11) is 2.00.